The third kappa shape index (κ3) is 5.21. The van der Waals surface area contributed by atoms with Crippen LogP contribution in [0.2, 0.25) is 0 Å². The van der Waals surface area contributed by atoms with E-state index in [1.165, 1.54) is 22.9 Å². The van der Waals surface area contributed by atoms with Gasteiger partial charge in [0.05, 0.1) is 12.1 Å². The van der Waals surface area contributed by atoms with Crippen molar-refractivity contribution >= 4 is 23.6 Å². The molecule has 1 aliphatic heterocycles. The van der Waals surface area contributed by atoms with Gasteiger partial charge in [0.1, 0.15) is 5.03 Å². The highest BCUT2D eigenvalue weighted by molar-refractivity contribution is 7.99. The fourth-order valence-corrected chi connectivity index (χ4v) is 4.48. The van der Waals surface area contributed by atoms with Gasteiger partial charge in [-0.2, -0.15) is 0 Å². The van der Waals surface area contributed by atoms with Crippen LogP contribution < -0.4 is 5.32 Å². The number of nitrogens with zero attached hydrogens (tertiary/aromatic N) is 3. The van der Waals surface area contributed by atoms with Crippen LogP contribution in [-0.4, -0.2) is 65.4 Å². The van der Waals surface area contributed by atoms with Gasteiger partial charge in [-0.3, -0.25) is 14.5 Å². The van der Waals surface area contributed by atoms with Gasteiger partial charge in [0.2, 0.25) is 5.91 Å². The van der Waals surface area contributed by atoms with E-state index in [0.29, 0.717) is 44.3 Å². The smallest absolute Gasteiger partial charge is 0.256 e. The van der Waals surface area contributed by atoms with E-state index in [1.54, 1.807) is 6.20 Å². The number of pyridine rings is 1. The lowest BCUT2D eigenvalue weighted by Gasteiger charge is -2.34. The first-order chi connectivity index (χ1) is 14.5. The number of piperazine rings is 1. The van der Waals surface area contributed by atoms with Crippen LogP contribution in [0, 0.1) is 13.8 Å². The molecule has 0 spiro atoms. The number of hydrogen-bond donors (Lipinski definition) is 1. The van der Waals surface area contributed by atoms with Crippen molar-refractivity contribution in [2.24, 2.45) is 0 Å². The molecule has 6 nitrogen and oxygen atoms in total. The van der Waals surface area contributed by atoms with Crippen molar-refractivity contribution in [3.63, 3.8) is 0 Å². The van der Waals surface area contributed by atoms with Crippen molar-refractivity contribution in [3.8, 4) is 0 Å². The summed E-state index contributed by atoms with van der Waals surface area (Å²) in [5.41, 5.74) is 3.12. The minimum Gasteiger partial charge on any atom is -0.352 e. The number of carbonyl (C=O) groups excluding carboxylic acids is 2. The molecule has 0 unspecified atom stereocenters. The van der Waals surface area contributed by atoms with Crippen molar-refractivity contribution in [2.75, 3.05) is 32.7 Å². The predicted molar refractivity (Wildman–Crippen MR) is 118 cm³/mol. The molecule has 158 valence electrons. The van der Waals surface area contributed by atoms with Gasteiger partial charge in [0, 0.05) is 43.3 Å². The third-order valence-corrected chi connectivity index (χ3v) is 6.67. The van der Waals surface area contributed by atoms with Crippen LogP contribution >= 0.6 is 11.8 Å². The molecule has 7 heteroatoms. The Kier molecular flexibility index (Phi) is 6.39. The van der Waals surface area contributed by atoms with Crippen LogP contribution in [-0.2, 0) is 4.79 Å². The van der Waals surface area contributed by atoms with Crippen molar-refractivity contribution in [3.05, 3.63) is 53.2 Å². The van der Waals surface area contributed by atoms with Crippen molar-refractivity contribution in [2.45, 2.75) is 42.7 Å². The zero-order valence-electron chi connectivity index (χ0n) is 17.6. The summed E-state index contributed by atoms with van der Waals surface area (Å²) in [7, 11) is 0. The molecule has 2 aromatic rings. The highest BCUT2D eigenvalue weighted by Crippen LogP contribution is 2.30. The number of aromatic nitrogens is 1. The molecular formula is C23H28N4O2S. The van der Waals surface area contributed by atoms with E-state index in [2.05, 4.69) is 47.2 Å². The fraction of sp³-hybridized carbons (Fsp3) is 0.435. The molecule has 1 N–H and O–H groups in total. The van der Waals surface area contributed by atoms with Gasteiger partial charge in [-0.1, -0.05) is 17.8 Å². The molecule has 1 aliphatic carbocycles. The maximum absolute atomic E-state index is 13.2. The van der Waals surface area contributed by atoms with E-state index in [9.17, 15) is 9.59 Å². The first-order valence-corrected chi connectivity index (χ1v) is 11.3. The maximum atomic E-state index is 13.2. The summed E-state index contributed by atoms with van der Waals surface area (Å²) in [6, 6.07) is 10.4. The highest BCUT2D eigenvalue weighted by atomic mass is 32.2. The van der Waals surface area contributed by atoms with Gasteiger partial charge in [0.15, 0.2) is 0 Å². The van der Waals surface area contributed by atoms with Gasteiger partial charge in [-0.25, -0.2) is 4.98 Å². The monoisotopic (exact) mass is 424 g/mol. The Labute approximate surface area is 182 Å². The Bertz CT molecular complexity index is 937. The van der Waals surface area contributed by atoms with E-state index in [1.807, 2.05) is 17.0 Å². The zero-order chi connectivity index (χ0) is 21.1. The molecule has 0 atom stereocenters. The molecule has 2 aliphatic rings. The lowest BCUT2D eigenvalue weighted by molar-refractivity contribution is -0.122. The fourth-order valence-electron chi connectivity index (χ4n) is 3.51. The summed E-state index contributed by atoms with van der Waals surface area (Å²) in [5.74, 6) is 0.105. The molecule has 2 fully saturated rings. The zero-order valence-corrected chi connectivity index (χ0v) is 18.4. The van der Waals surface area contributed by atoms with E-state index < -0.39 is 0 Å². The van der Waals surface area contributed by atoms with Gasteiger partial charge in [-0.15, -0.1) is 0 Å². The largest absolute Gasteiger partial charge is 0.352 e. The van der Waals surface area contributed by atoms with E-state index in [0.717, 1.165) is 22.8 Å². The molecule has 1 aromatic carbocycles. The summed E-state index contributed by atoms with van der Waals surface area (Å²) in [6.45, 7) is 7.27. The molecule has 1 aromatic heterocycles. The minimum atomic E-state index is 0.0107. The molecule has 2 heterocycles. The van der Waals surface area contributed by atoms with Crippen LogP contribution in [0.25, 0.3) is 0 Å². The van der Waals surface area contributed by atoms with Gasteiger partial charge in [0.25, 0.3) is 5.91 Å². The Morgan fingerprint density at radius 3 is 2.57 bits per heavy atom. The number of rotatable bonds is 6. The quantitative estimate of drug-likeness (QED) is 0.773. The lowest BCUT2D eigenvalue weighted by atomic mass is 10.1. The Morgan fingerprint density at radius 1 is 1.10 bits per heavy atom. The number of hydrogen-bond acceptors (Lipinski definition) is 5. The first-order valence-electron chi connectivity index (χ1n) is 10.5. The topological polar surface area (TPSA) is 65.5 Å². The molecular weight excluding hydrogens is 396 g/mol. The van der Waals surface area contributed by atoms with Crippen LogP contribution in [0.5, 0.6) is 0 Å². The number of nitrogens with one attached hydrogen (secondary N) is 1. The van der Waals surface area contributed by atoms with Crippen LogP contribution in [0.1, 0.15) is 34.3 Å². The second-order valence-corrected chi connectivity index (χ2v) is 9.18. The van der Waals surface area contributed by atoms with E-state index >= 15 is 0 Å². The van der Waals surface area contributed by atoms with E-state index in [4.69, 9.17) is 0 Å². The second kappa shape index (κ2) is 9.18. The third-order valence-electron chi connectivity index (χ3n) is 5.66. The Balaban J connectivity index is 1.37. The number of aryl methyl sites for hydroxylation is 2. The second-order valence-electron chi connectivity index (χ2n) is 8.11. The van der Waals surface area contributed by atoms with Crippen LogP contribution in [0.4, 0.5) is 0 Å². The number of carbonyl (C=O) groups is 2. The van der Waals surface area contributed by atoms with Crippen molar-refractivity contribution < 1.29 is 9.59 Å². The standard InChI is InChI=1S/C23H28N4O2S/c1-16-5-8-19(14-17(16)2)30-22-20(4-3-9-24-22)23(29)27-12-10-26(11-13-27)15-21(28)25-18-6-7-18/h3-5,8-9,14,18H,6-7,10-13,15H2,1-2H3,(H,25,28). The normalized spacial score (nSPS) is 17.1. The van der Waals surface area contributed by atoms with Crippen molar-refractivity contribution in [1.29, 1.82) is 0 Å². The van der Waals surface area contributed by atoms with Crippen molar-refractivity contribution in [1.82, 2.24) is 20.1 Å². The average molecular weight is 425 g/mol. The van der Waals surface area contributed by atoms with Crippen LogP contribution in [0.3, 0.4) is 0 Å². The highest BCUT2D eigenvalue weighted by Gasteiger charge is 2.27. The number of amides is 2. The van der Waals surface area contributed by atoms with E-state index in [-0.39, 0.29) is 11.8 Å². The average Bonchev–Trinajstić information content (AvgIpc) is 3.55. The summed E-state index contributed by atoms with van der Waals surface area (Å²) < 4.78 is 0. The number of benzene rings is 1. The molecule has 1 saturated carbocycles. The molecule has 1 saturated heterocycles. The Morgan fingerprint density at radius 2 is 1.87 bits per heavy atom. The summed E-state index contributed by atoms with van der Waals surface area (Å²) in [4.78, 5) is 34.8. The van der Waals surface area contributed by atoms with Gasteiger partial charge < -0.3 is 10.2 Å². The first kappa shape index (κ1) is 20.9. The molecule has 30 heavy (non-hydrogen) atoms. The SMILES string of the molecule is Cc1ccc(Sc2ncccc2C(=O)N2CCN(CC(=O)NC3CC3)CC2)cc1C. The molecule has 4 rings (SSSR count). The Hall–Kier alpha value is -2.38. The lowest BCUT2D eigenvalue weighted by Crippen LogP contribution is -2.51. The summed E-state index contributed by atoms with van der Waals surface area (Å²) >= 11 is 1.53. The summed E-state index contributed by atoms with van der Waals surface area (Å²) in [6.07, 6.45) is 3.93. The van der Waals surface area contributed by atoms with Gasteiger partial charge >= 0.3 is 0 Å². The van der Waals surface area contributed by atoms with Gasteiger partial charge in [-0.05, 0) is 62.1 Å². The molecule has 0 radical (unpaired) electrons. The maximum Gasteiger partial charge on any atom is 0.256 e. The predicted octanol–water partition coefficient (Wildman–Crippen LogP) is 2.89. The minimum absolute atomic E-state index is 0.0107. The molecule has 0 bridgehead atoms. The molecule has 2 amide bonds. The summed E-state index contributed by atoms with van der Waals surface area (Å²) in [5, 5.41) is 3.76. The van der Waals surface area contributed by atoms with Crippen LogP contribution in [0.15, 0.2) is 46.5 Å².